The Labute approximate surface area is 157 Å². The summed E-state index contributed by atoms with van der Waals surface area (Å²) < 4.78 is 24.7. The Bertz CT molecular complexity index is 937. The molecule has 0 aliphatic carbocycles. The number of furan rings is 1. The number of aromatic nitrogens is 1. The maximum Gasteiger partial charge on any atom is 0.191 e. The molecule has 0 unspecified atom stereocenters. The Balaban J connectivity index is 1.67. The number of aryl methyl sites for hydroxylation is 3. The van der Waals surface area contributed by atoms with Gasteiger partial charge in [0, 0.05) is 36.5 Å². The molecular weight excluding hydrogens is 347 g/mol. The molecule has 0 aliphatic heterocycles. The van der Waals surface area contributed by atoms with Crippen LogP contribution in [0, 0.1) is 12.7 Å². The molecule has 0 bridgehead atoms. The Morgan fingerprint density at radius 1 is 1.15 bits per heavy atom. The molecule has 0 atom stereocenters. The van der Waals surface area contributed by atoms with Crippen molar-refractivity contribution in [2.24, 2.45) is 4.99 Å². The highest BCUT2D eigenvalue weighted by Crippen LogP contribution is 2.25. The Morgan fingerprint density at radius 3 is 2.63 bits per heavy atom. The van der Waals surface area contributed by atoms with E-state index in [1.165, 1.54) is 12.1 Å². The standard InChI is InChI=1S/C20H25FN4O2/c1-5-16-15(17(6-2)27-25-16)10-23-20(22-4)24-11-19-12(3)14-9-13(21)7-8-18(14)26-19/h7-9H,5-6,10-11H2,1-4H3,(H2,22,23,24). The van der Waals surface area contributed by atoms with E-state index in [0.29, 0.717) is 24.6 Å². The smallest absolute Gasteiger partial charge is 0.191 e. The molecule has 7 heteroatoms. The van der Waals surface area contributed by atoms with Crippen molar-refractivity contribution in [2.75, 3.05) is 7.05 Å². The van der Waals surface area contributed by atoms with Gasteiger partial charge in [0.25, 0.3) is 0 Å². The van der Waals surface area contributed by atoms with Crippen LogP contribution in [0.2, 0.25) is 0 Å². The van der Waals surface area contributed by atoms with Gasteiger partial charge in [-0.1, -0.05) is 19.0 Å². The van der Waals surface area contributed by atoms with Crippen LogP contribution in [0.5, 0.6) is 0 Å². The zero-order valence-electron chi connectivity index (χ0n) is 16.1. The van der Waals surface area contributed by atoms with E-state index in [1.54, 1.807) is 13.1 Å². The Hall–Kier alpha value is -2.83. The number of benzene rings is 1. The quantitative estimate of drug-likeness (QED) is 0.508. The van der Waals surface area contributed by atoms with Crippen molar-refractivity contribution >= 4 is 16.9 Å². The number of fused-ring (bicyclic) bond motifs is 1. The third kappa shape index (κ3) is 3.97. The van der Waals surface area contributed by atoms with E-state index in [2.05, 4.69) is 27.7 Å². The zero-order valence-corrected chi connectivity index (χ0v) is 16.1. The summed E-state index contributed by atoms with van der Waals surface area (Å²) in [7, 11) is 1.71. The van der Waals surface area contributed by atoms with Gasteiger partial charge in [-0.05, 0) is 31.5 Å². The molecule has 0 radical (unpaired) electrons. The van der Waals surface area contributed by atoms with Crippen LogP contribution >= 0.6 is 0 Å². The van der Waals surface area contributed by atoms with E-state index in [-0.39, 0.29) is 5.82 Å². The van der Waals surface area contributed by atoms with Gasteiger partial charge in [-0.15, -0.1) is 0 Å². The van der Waals surface area contributed by atoms with Crippen molar-refractivity contribution < 1.29 is 13.3 Å². The molecule has 27 heavy (non-hydrogen) atoms. The van der Waals surface area contributed by atoms with Gasteiger partial charge in [0.2, 0.25) is 0 Å². The van der Waals surface area contributed by atoms with Crippen molar-refractivity contribution in [1.82, 2.24) is 15.8 Å². The highest BCUT2D eigenvalue weighted by Gasteiger charge is 2.15. The average Bonchev–Trinajstić information content (AvgIpc) is 3.22. The first kappa shape index (κ1) is 18.9. The predicted octanol–water partition coefficient (Wildman–Crippen LogP) is 3.86. The summed E-state index contributed by atoms with van der Waals surface area (Å²) in [5.74, 6) is 2.03. The van der Waals surface area contributed by atoms with Crippen LogP contribution in [-0.4, -0.2) is 18.2 Å². The van der Waals surface area contributed by atoms with Crippen molar-refractivity contribution in [3.05, 3.63) is 52.4 Å². The minimum atomic E-state index is -0.268. The lowest BCUT2D eigenvalue weighted by Crippen LogP contribution is -2.36. The number of halogens is 1. The highest BCUT2D eigenvalue weighted by atomic mass is 19.1. The van der Waals surface area contributed by atoms with Crippen LogP contribution < -0.4 is 10.6 Å². The fraction of sp³-hybridized carbons (Fsp3) is 0.400. The molecule has 6 nitrogen and oxygen atoms in total. The maximum absolute atomic E-state index is 13.5. The Morgan fingerprint density at radius 2 is 1.93 bits per heavy atom. The fourth-order valence-corrected chi connectivity index (χ4v) is 3.11. The maximum atomic E-state index is 13.5. The average molecular weight is 372 g/mol. The normalized spacial score (nSPS) is 12.0. The lowest BCUT2D eigenvalue weighted by molar-refractivity contribution is 0.380. The summed E-state index contributed by atoms with van der Waals surface area (Å²) in [6.07, 6.45) is 1.62. The zero-order chi connectivity index (χ0) is 19.4. The second-order valence-corrected chi connectivity index (χ2v) is 6.31. The predicted molar refractivity (Wildman–Crippen MR) is 103 cm³/mol. The van der Waals surface area contributed by atoms with Gasteiger partial charge in [-0.25, -0.2) is 4.39 Å². The molecule has 1 aromatic carbocycles. The molecule has 0 spiro atoms. The van der Waals surface area contributed by atoms with Crippen molar-refractivity contribution in [3.63, 3.8) is 0 Å². The van der Waals surface area contributed by atoms with Crippen LogP contribution in [-0.2, 0) is 25.9 Å². The lowest BCUT2D eigenvalue weighted by Gasteiger charge is -2.11. The monoisotopic (exact) mass is 372 g/mol. The number of hydrogen-bond donors (Lipinski definition) is 2. The number of aliphatic imine (C=N–C) groups is 1. The minimum absolute atomic E-state index is 0.268. The summed E-state index contributed by atoms with van der Waals surface area (Å²) in [5, 5.41) is 11.4. The van der Waals surface area contributed by atoms with Crippen molar-refractivity contribution in [2.45, 2.75) is 46.7 Å². The van der Waals surface area contributed by atoms with E-state index >= 15 is 0 Å². The van der Waals surface area contributed by atoms with E-state index in [1.807, 2.05) is 13.8 Å². The summed E-state index contributed by atoms with van der Waals surface area (Å²) in [6, 6.07) is 4.55. The first-order valence-electron chi connectivity index (χ1n) is 9.15. The van der Waals surface area contributed by atoms with Crippen LogP contribution in [0.25, 0.3) is 11.0 Å². The molecule has 3 aromatic rings. The number of rotatable bonds is 6. The van der Waals surface area contributed by atoms with Crippen LogP contribution in [0.4, 0.5) is 4.39 Å². The summed E-state index contributed by atoms with van der Waals surface area (Å²) in [4.78, 5) is 4.25. The largest absolute Gasteiger partial charge is 0.459 e. The molecule has 2 aromatic heterocycles. The molecule has 2 N–H and O–H groups in total. The molecule has 0 saturated carbocycles. The molecule has 0 saturated heterocycles. The highest BCUT2D eigenvalue weighted by molar-refractivity contribution is 5.83. The number of guanidine groups is 1. The van der Waals surface area contributed by atoms with E-state index in [4.69, 9.17) is 8.94 Å². The SMILES string of the molecule is CCc1noc(CC)c1CNC(=NC)NCc1oc2ccc(F)cc2c1C. The van der Waals surface area contributed by atoms with E-state index in [0.717, 1.165) is 46.6 Å². The topological polar surface area (TPSA) is 75.6 Å². The number of nitrogens with zero attached hydrogens (tertiary/aromatic N) is 2. The molecule has 0 aliphatic rings. The molecule has 144 valence electrons. The van der Waals surface area contributed by atoms with Gasteiger partial charge in [0.1, 0.15) is 22.9 Å². The first-order valence-corrected chi connectivity index (χ1v) is 9.15. The molecule has 0 fully saturated rings. The van der Waals surface area contributed by atoms with Gasteiger partial charge in [-0.3, -0.25) is 4.99 Å². The molecular formula is C20H25FN4O2. The number of hydrogen-bond acceptors (Lipinski definition) is 4. The summed E-state index contributed by atoms with van der Waals surface area (Å²) in [6.45, 7) is 7.06. The first-order chi connectivity index (χ1) is 13.1. The van der Waals surface area contributed by atoms with Crippen LogP contribution in [0.15, 0.2) is 32.1 Å². The van der Waals surface area contributed by atoms with Gasteiger partial charge in [0.15, 0.2) is 5.96 Å². The minimum Gasteiger partial charge on any atom is -0.459 e. The van der Waals surface area contributed by atoms with Crippen molar-refractivity contribution in [3.8, 4) is 0 Å². The molecule has 2 heterocycles. The van der Waals surface area contributed by atoms with Gasteiger partial charge in [-0.2, -0.15) is 0 Å². The number of nitrogens with one attached hydrogen (secondary N) is 2. The third-order valence-corrected chi connectivity index (χ3v) is 4.68. The van der Waals surface area contributed by atoms with Crippen molar-refractivity contribution in [1.29, 1.82) is 0 Å². The van der Waals surface area contributed by atoms with Gasteiger partial charge >= 0.3 is 0 Å². The lowest BCUT2D eigenvalue weighted by atomic mass is 10.1. The van der Waals surface area contributed by atoms with Crippen LogP contribution in [0.3, 0.4) is 0 Å². The fourth-order valence-electron chi connectivity index (χ4n) is 3.11. The molecule has 0 amide bonds. The Kier molecular flexibility index (Phi) is 5.78. The summed E-state index contributed by atoms with van der Waals surface area (Å²) >= 11 is 0. The molecule has 3 rings (SSSR count). The van der Waals surface area contributed by atoms with E-state index in [9.17, 15) is 4.39 Å². The van der Waals surface area contributed by atoms with Crippen LogP contribution in [0.1, 0.15) is 42.2 Å². The van der Waals surface area contributed by atoms with E-state index < -0.39 is 0 Å². The second-order valence-electron chi connectivity index (χ2n) is 6.31. The summed E-state index contributed by atoms with van der Waals surface area (Å²) in [5.41, 5.74) is 3.65. The second kappa shape index (κ2) is 8.24. The van der Waals surface area contributed by atoms with Gasteiger partial charge < -0.3 is 19.6 Å². The third-order valence-electron chi connectivity index (χ3n) is 4.68. The van der Waals surface area contributed by atoms with Gasteiger partial charge in [0.05, 0.1) is 12.2 Å².